The highest BCUT2D eigenvalue weighted by Crippen LogP contribution is 2.31. The van der Waals surface area contributed by atoms with E-state index in [-0.39, 0.29) is 23.7 Å². The molecular formula is C16H22ClNO3S2. The molecule has 1 amide bonds. The van der Waals surface area contributed by atoms with Crippen molar-refractivity contribution in [2.75, 3.05) is 17.8 Å². The Hall–Kier alpha value is -0.720. The summed E-state index contributed by atoms with van der Waals surface area (Å²) in [6.07, 6.45) is 3.54. The summed E-state index contributed by atoms with van der Waals surface area (Å²) in [5.74, 6) is 0.688. The van der Waals surface area contributed by atoms with E-state index in [9.17, 15) is 13.2 Å². The van der Waals surface area contributed by atoms with Crippen molar-refractivity contribution in [2.45, 2.75) is 43.2 Å². The molecule has 1 aromatic rings. The standard InChI is InChI=1S/C16H22ClNO3S2/c1-12(11-23(2,20)21)18(13-7-8-13)16(19)9-10-22-15-6-4-3-5-14(15)17/h3-6,12-13H,7-11H2,1-2H3. The second kappa shape index (κ2) is 7.90. The highest BCUT2D eigenvalue weighted by Gasteiger charge is 2.36. The minimum Gasteiger partial charge on any atom is -0.336 e. The Bertz CT molecular complexity index is 659. The van der Waals surface area contributed by atoms with Gasteiger partial charge >= 0.3 is 0 Å². The molecule has 0 aliphatic heterocycles. The third kappa shape index (κ3) is 6.01. The number of sulfone groups is 1. The molecule has 0 spiro atoms. The topological polar surface area (TPSA) is 54.5 Å². The highest BCUT2D eigenvalue weighted by molar-refractivity contribution is 7.99. The van der Waals surface area contributed by atoms with Crippen LogP contribution in [0.4, 0.5) is 0 Å². The summed E-state index contributed by atoms with van der Waals surface area (Å²) in [6.45, 7) is 1.82. The van der Waals surface area contributed by atoms with Crippen molar-refractivity contribution >= 4 is 39.1 Å². The summed E-state index contributed by atoms with van der Waals surface area (Å²) in [5, 5.41) is 0.689. The smallest absolute Gasteiger partial charge is 0.223 e. The van der Waals surface area contributed by atoms with E-state index < -0.39 is 9.84 Å². The zero-order valence-corrected chi connectivity index (χ0v) is 15.8. The Morgan fingerprint density at radius 2 is 2.04 bits per heavy atom. The number of halogens is 1. The van der Waals surface area contributed by atoms with Gasteiger partial charge in [0.2, 0.25) is 5.91 Å². The number of thioether (sulfide) groups is 1. The molecule has 1 aromatic carbocycles. The van der Waals surface area contributed by atoms with Crippen molar-refractivity contribution < 1.29 is 13.2 Å². The number of amides is 1. The molecule has 1 atom stereocenters. The number of carbonyl (C=O) groups is 1. The maximum Gasteiger partial charge on any atom is 0.223 e. The molecule has 1 fully saturated rings. The van der Waals surface area contributed by atoms with Gasteiger partial charge in [-0.3, -0.25) is 4.79 Å². The van der Waals surface area contributed by atoms with Gasteiger partial charge < -0.3 is 4.90 Å². The van der Waals surface area contributed by atoms with E-state index >= 15 is 0 Å². The first-order valence-corrected chi connectivity index (χ1v) is 11.1. The van der Waals surface area contributed by atoms with Crippen molar-refractivity contribution in [3.63, 3.8) is 0 Å². The van der Waals surface area contributed by atoms with Crippen molar-refractivity contribution in [3.8, 4) is 0 Å². The second-order valence-electron chi connectivity index (χ2n) is 6.00. The molecule has 1 aliphatic rings. The van der Waals surface area contributed by atoms with E-state index in [1.54, 1.807) is 16.7 Å². The summed E-state index contributed by atoms with van der Waals surface area (Å²) in [4.78, 5) is 15.2. The van der Waals surface area contributed by atoms with Crippen LogP contribution < -0.4 is 0 Å². The molecule has 1 unspecified atom stereocenters. The maximum atomic E-state index is 12.5. The predicted molar refractivity (Wildman–Crippen MR) is 95.8 cm³/mol. The van der Waals surface area contributed by atoms with Gasteiger partial charge in [0.15, 0.2) is 0 Å². The van der Waals surface area contributed by atoms with E-state index in [0.29, 0.717) is 17.2 Å². The first kappa shape index (κ1) is 18.6. The lowest BCUT2D eigenvalue weighted by atomic mass is 10.2. The van der Waals surface area contributed by atoms with Crippen LogP contribution in [0.2, 0.25) is 5.02 Å². The monoisotopic (exact) mass is 375 g/mol. The molecule has 0 aromatic heterocycles. The zero-order valence-electron chi connectivity index (χ0n) is 13.4. The van der Waals surface area contributed by atoms with Crippen molar-refractivity contribution in [1.29, 1.82) is 0 Å². The molecular weight excluding hydrogens is 354 g/mol. The molecule has 1 saturated carbocycles. The van der Waals surface area contributed by atoms with E-state index in [1.807, 2.05) is 31.2 Å². The van der Waals surface area contributed by atoms with Gasteiger partial charge in [0.05, 0.1) is 10.8 Å². The summed E-state index contributed by atoms with van der Waals surface area (Å²) >= 11 is 7.65. The van der Waals surface area contributed by atoms with Gasteiger partial charge in [0, 0.05) is 35.4 Å². The van der Waals surface area contributed by atoms with Crippen LogP contribution in [0.1, 0.15) is 26.2 Å². The molecule has 0 saturated heterocycles. The molecule has 0 radical (unpaired) electrons. The van der Waals surface area contributed by atoms with Crippen LogP contribution in [-0.2, 0) is 14.6 Å². The zero-order chi connectivity index (χ0) is 17.0. The lowest BCUT2D eigenvalue weighted by Gasteiger charge is -2.29. The van der Waals surface area contributed by atoms with Gasteiger partial charge in [-0.15, -0.1) is 11.8 Å². The Labute approximate surface area is 147 Å². The molecule has 1 aliphatic carbocycles. The molecule has 2 rings (SSSR count). The Morgan fingerprint density at radius 1 is 1.39 bits per heavy atom. The quantitative estimate of drug-likeness (QED) is 0.654. The van der Waals surface area contributed by atoms with Crippen LogP contribution >= 0.6 is 23.4 Å². The Morgan fingerprint density at radius 3 is 2.61 bits per heavy atom. The Balaban J connectivity index is 1.90. The van der Waals surface area contributed by atoms with Gasteiger partial charge in [-0.2, -0.15) is 0 Å². The average molecular weight is 376 g/mol. The van der Waals surface area contributed by atoms with Gasteiger partial charge in [-0.05, 0) is 31.9 Å². The van der Waals surface area contributed by atoms with Crippen LogP contribution in [0.5, 0.6) is 0 Å². The predicted octanol–water partition coefficient (Wildman–Crippen LogP) is 3.25. The molecule has 4 nitrogen and oxygen atoms in total. The summed E-state index contributed by atoms with van der Waals surface area (Å²) in [7, 11) is -3.09. The van der Waals surface area contributed by atoms with E-state index in [2.05, 4.69) is 0 Å². The maximum absolute atomic E-state index is 12.5. The molecule has 23 heavy (non-hydrogen) atoms. The van der Waals surface area contributed by atoms with Crippen LogP contribution in [0, 0.1) is 0 Å². The van der Waals surface area contributed by atoms with Crippen molar-refractivity contribution in [2.24, 2.45) is 0 Å². The van der Waals surface area contributed by atoms with Crippen LogP contribution in [0.25, 0.3) is 0 Å². The lowest BCUT2D eigenvalue weighted by molar-refractivity contribution is -0.132. The number of rotatable bonds is 8. The number of hydrogen-bond donors (Lipinski definition) is 0. The minimum atomic E-state index is -3.09. The lowest BCUT2D eigenvalue weighted by Crippen LogP contribution is -2.43. The van der Waals surface area contributed by atoms with Gasteiger partial charge in [-0.25, -0.2) is 8.42 Å². The minimum absolute atomic E-state index is 0.0207. The van der Waals surface area contributed by atoms with E-state index in [0.717, 1.165) is 17.7 Å². The number of nitrogens with zero attached hydrogens (tertiary/aromatic N) is 1. The fourth-order valence-corrected chi connectivity index (χ4v) is 4.83. The SMILES string of the molecule is CC(CS(C)(=O)=O)N(C(=O)CCSc1ccccc1Cl)C1CC1. The first-order chi connectivity index (χ1) is 10.8. The van der Waals surface area contributed by atoms with Crippen LogP contribution in [0.15, 0.2) is 29.2 Å². The highest BCUT2D eigenvalue weighted by atomic mass is 35.5. The summed E-state index contributed by atoms with van der Waals surface area (Å²) in [5.41, 5.74) is 0. The molecule has 0 bridgehead atoms. The van der Waals surface area contributed by atoms with Crippen LogP contribution in [-0.4, -0.2) is 49.1 Å². The number of benzene rings is 1. The third-order valence-corrected chi connectivity index (χ3v) is 6.26. The van der Waals surface area contributed by atoms with Gasteiger partial charge in [0.1, 0.15) is 9.84 Å². The first-order valence-electron chi connectivity index (χ1n) is 7.64. The molecule has 128 valence electrons. The van der Waals surface area contributed by atoms with E-state index in [4.69, 9.17) is 11.6 Å². The third-order valence-electron chi connectivity index (χ3n) is 3.66. The molecule has 7 heteroatoms. The largest absolute Gasteiger partial charge is 0.336 e. The normalized spacial score (nSPS) is 16.1. The molecule has 0 N–H and O–H groups in total. The van der Waals surface area contributed by atoms with E-state index in [1.165, 1.54) is 6.26 Å². The fourth-order valence-electron chi connectivity index (χ4n) is 2.62. The van der Waals surface area contributed by atoms with Crippen molar-refractivity contribution in [3.05, 3.63) is 29.3 Å². The Kier molecular flexibility index (Phi) is 6.40. The summed E-state index contributed by atoms with van der Waals surface area (Å²) in [6, 6.07) is 7.50. The fraction of sp³-hybridized carbons (Fsp3) is 0.562. The number of carbonyl (C=O) groups excluding carboxylic acids is 1. The van der Waals surface area contributed by atoms with Crippen molar-refractivity contribution in [1.82, 2.24) is 4.90 Å². The number of hydrogen-bond acceptors (Lipinski definition) is 4. The average Bonchev–Trinajstić information content (AvgIpc) is 3.23. The van der Waals surface area contributed by atoms with Gasteiger partial charge in [0.25, 0.3) is 0 Å². The second-order valence-corrected chi connectivity index (χ2v) is 9.73. The summed E-state index contributed by atoms with van der Waals surface area (Å²) < 4.78 is 23.0. The van der Waals surface area contributed by atoms with Gasteiger partial charge in [-0.1, -0.05) is 23.7 Å². The molecule has 0 heterocycles. The van der Waals surface area contributed by atoms with Crippen LogP contribution in [0.3, 0.4) is 0 Å².